The molecule has 150 valence electrons. The topological polar surface area (TPSA) is 90.7 Å². The molecule has 0 saturated heterocycles. The van der Waals surface area contributed by atoms with Gasteiger partial charge in [-0.25, -0.2) is 4.79 Å². The molecule has 9 heteroatoms. The van der Waals surface area contributed by atoms with Crippen molar-refractivity contribution in [3.05, 3.63) is 77.6 Å². The van der Waals surface area contributed by atoms with Gasteiger partial charge in [0.2, 0.25) is 6.10 Å². The van der Waals surface area contributed by atoms with Crippen LogP contribution in [0, 0.1) is 6.92 Å². The maximum absolute atomic E-state index is 12.7. The first-order valence-corrected chi connectivity index (χ1v) is 8.47. The number of alkyl halides is 2. The quantitative estimate of drug-likeness (QED) is 0.598. The summed E-state index contributed by atoms with van der Waals surface area (Å²) in [5, 5.41) is 6.20. The number of esters is 1. The highest BCUT2D eigenvalue weighted by molar-refractivity contribution is 5.97. The molecule has 0 aliphatic rings. The van der Waals surface area contributed by atoms with Gasteiger partial charge in [-0.1, -0.05) is 35.5 Å². The zero-order chi connectivity index (χ0) is 20.8. The minimum absolute atomic E-state index is 0.0672. The second-order valence-corrected chi connectivity index (χ2v) is 5.91. The molecule has 1 unspecified atom stereocenters. The zero-order valence-corrected chi connectivity index (χ0v) is 15.2. The van der Waals surface area contributed by atoms with E-state index in [1.165, 1.54) is 30.3 Å². The third-order valence-electron chi connectivity index (χ3n) is 3.76. The lowest BCUT2D eigenvalue weighted by molar-refractivity contribution is -0.125. The number of halogens is 2. The second-order valence-electron chi connectivity index (χ2n) is 5.91. The number of anilines is 1. The fraction of sp³-hybridized carbons (Fsp3) is 0.150. The Kier molecular flexibility index (Phi) is 6.18. The molecule has 1 aromatic heterocycles. The number of ether oxygens (including phenoxy) is 2. The lowest BCUT2D eigenvalue weighted by Crippen LogP contribution is -2.26. The highest BCUT2D eigenvalue weighted by atomic mass is 19.3. The standard InChI is InChI=1S/C20H16F2N2O5/c1-12-11-16(24-29-12)23-18(25)17(13-5-3-2-4-6-13)28-19(26)14-7-9-15(10-8-14)27-20(21)22/h2-11,17,20H,1H3,(H,23,24,25). The molecule has 0 aliphatic carbocycles. The number of benzene rings is 2. The Morgan fingerprint density at radius 2 is 1.76 bits per heavy atom. The van der Waals surface area contributed by atoms with Crippen LogP contribution in [0.3, 0.4) is 0 Å². The van der Waals surface area contributed by atoms with Crippen molar-refractivity contribution in [2.75, 3.05) is 5.32 Å². The van der Waals surface area contributed by atoms with E-state index >= 15 is 0 Å². The van der Waals surface area contributed by atoms with E-state index < -0.39 is 24.6 Å². The van der Waals surface area contributed by atoms with Gasteiger partial charge < -0.3 is 19.3 Å². The summed E-state index contributed by atoms with van der Waals surface area (Å²) in [4.78, 5) is 25.2. The van der Waals surface area contributed by atoms with E-state index in [-0.39, 0.29) is 17.1 Å². The SMILES string of the molecule is Cc1cc(NC(=O)C(OC(=O)c2ccc(OC(F)F)cc2)c2ccccc2)no1. The predicted molar refractivity (Wildman–Crippen MR) is 97.5 cm³/mol. The van der Waals surface area contributed by atoms with Crippen LogP contribution in [0.1, 0.15) is 27.8 Å². The van der Waals surface area contributed by atoms with Gasteiger partial charge in [-0.05, 0) is 31.2 Å². The Morgan fingerprint density at radius 3 is 2.34 bits per heavy atom. The molecule has 0 bridgehead atoms. The van der Waals surface area contributed by atoms with Crippen LogP contribution >= 0.6 is 0 Å². The van der Waals surface area contributed by atoms with Gasteiger partial charge >= 0.3 is 12.6 Å². The molecular formula is C20H16F2N2O5. The van der Waals surface area contributed by atoms with Crippen molar-refractivity contribution in [1.29, 1.82) is 0 Å². The molecule has 0 aliphatic heterocycles. The Hall–Kier alpha value is -3.75. The molecule has 0 saturated carbocycles. The summed E-state index contributed by atoms with van der Waals surface area (Å²) in [6.45, 7) is -1.31. The van der Waals surface area contributed by atoms with Gasteiger partial charge in [0.15, 0.2) is 5.82 Å². The molecule has 7 nitrogen and oxygen atoms in total. The maximum Gasteiger partial charge on any atom is 0.387 e. The molecule has 0 fully saturated rings. The zero-order valence-electron chi connectivity index (χ0n) is 15.2. The predicted octanol–water partition coefficient (Wildman–Crippen LogP) is 4.12. The molecule has 2 aromatic carbocycles. The number of carbonyl (C=O) groups excluding carboxylic acids is 2. The number of rotatable bonds is 7. The van der Waals surface area contributed by atoms with Gasteiger partial charge in [-0.15, -0.1) is 0 Å². The minimum Gasteiger partial charge on any atom is -0.444 e. The Bertz CT molecular complexity index is 974. The normalized spacial score (nSPS) is 11.7. The maximum atomic E-state index is 12.7. The molecule has 3 aromatic rings. The van der Waals surface area contributed by atoms with E-state index in [0.29, 0.717) is 11.3 Å². The Labute approximate surface area is 164 Å². The second kappa shape index (κ2) is 8.96. The van der Waals surface area contributed by atoms with E-state index in [1.54, 1.807) is 37.3 Å². The van der Waals surface area contributed by atoms with Crippen LogP contribution in [0.15, 0.2) is 65.2 Å². The number of hydrogen-bond acceptors (Lipinski definition) is 6. The van der Waals surface area contributed by atoms with Gasteiger partial charge in [-0.3, -0.25) is 4.79 Å². The summed E-state index contributed by atoms with van der Waals surface area (Å²) in [5.41, 5.74) is 0.508. The van der Waals surface area contributed by atoms with Gasteiger partial charge in [-0.2, -0.15) is 8.78 Å². The molecule has 29 heavy (non-hydrogen) atoms. The number of amides is 1. The van der Waals surface area contributed by atoms with Crippen molar-refractivity contribution >= 4 is 17.7 Å². The van der Waals surface area contributed by atoms with Crippen LogP contribution in [-0.4, -0.2) is 23.6 Å². The van der Waals surface area contributed by atoms with Gasteiger partial charge in [0.05, 0.1) is 5.56 Å². The third kappa shape index (κ3) is 5.38. The Morgan fingerprint density at radius 1 is 1.07 bits per heavy atom. The summed E-state index contributed by atoms with van der Waals surface area (Å²) >= 11 is 0. The molecule has 3 rings (SSSR count). The number of hydrogen-bond donors (Lipinski definition) is 1. The average Bonchev–Trinajstić information content (AvgIpc) is 3.11. The number of nitrogens with zero attached hydrogens (tertiary/aromatic N) is 1. The van der Waals surface area contributed by atoms with Crippen molar-refractivity contribution in [3.63, 3.8) is 0 Å². The van der Waals surface area contributed by atoms with Crippen LogP contribution < -0.4 is 10.1 Å². The Balaban J connectivity index is 1.77. The molecule has 1 heterocycles. The number of aryl methyl sites for hydroxylation is 1. The first-order valence-electron chi connectivity index (χ1n) is 8.47. The van der Waals surface area contributed by atoms with E-state index in [4.69, 9.17) is 9.26 Å². The van der Waals surface area contributed by atoms with Gasteiger partial charge in [0.1, 0.15) is 11.5 Å². The minimum atomic E-state index is -2.97. The first kappa shape index (κ1) is 20.0. The summed E-state index contributed by atoms with van der Waals surface area (Å²) in [7, 11) is 0. The van der Waals surface area contributed by atoms with Crippen molar-refractivity contribution in [2.45, 2.75) is 19.6 Å². The van der Waals surface area contributed by atoms with Gasteiger partial charge in [0, 0.05) is 11.6 Å². The monoisotopic (exact) mass is 402 g/mol. The van der Waals surface area contributed by atoms with E-state index in [2.05, 4.69) is 15.2 Å². The summed E-state index contributed by atoms with van der Waals surface area (Å²) < 4.78 is 39.0. The lowest BCUT2D eigenvalue weighted by Gasteiger charge is -2.17. The molecule has 0 spiro atoms. The van der Waals surface area contributed by atoms with Crippen molar-refractivity contribution in [2.24, 2.45) is 0 Å². The highest BCUT2D eigenvalue weighted by Crippen LogP contribution is 2.23. The van der Waals surface area contributed by atoms with E-state index in [9.17, 15) is 18.4 Å². The van der Waals surface area contributed by atoms with Gasteiger partial charge in [0.25, 0.3) is 5.91 Å². The van der Waals surface area contributed by atoms with Crippen molar-refractivity contribution in [1.82, 2.24) is 5.16 Å². The van der Waals surface area contributed by atoms with Crippen LogP contribution in [0.25, 0.3) is 0 Å². The highest BCUT2D eigenvalue weighted by Gasteiger charge is 2.26. The number of nitrogens with one attached hydrogen (secondary N) is 1. The average molecular weight is 402 g/mol. The van der Waals surface area contributed by atoms with E-state index in [1.807, 2.05) is 0 Å². The number of carbonyl (C=O) groups is 2. The summed E-state index contributed by atoms with van der Waals surface area (Å²) in [6, 6.07) is 14.9. The fourth-order valence-electron chi connectivity index (χ4n) is 2.47. The van der Waals surface area contributed by atoms with Crippen LogP contribution in [0.5, 0.6) is 5.75 Å². The van der Waals surface area contributed by atoms with Crippen LogP contribution in [-0.2, 0) is 9.53 Å². The molecule has 0 radical (unpaired) electrons. The molecule has 1 atom stereocenters. The smallest absolute Gasteiger partial charge is 0.387 e. The fourth-order valence-corrected chi connectivity index (χ4v) is 2.47. The van der Waals surface area contributed by atoms with Crippen molar-refractivity contribution < 1.29 is 32.4 Å². The molecule has 1 N–H and O–H groups in total. The number of aromatic nitrogens is 1. The summed E-state index contributed by atoms with van der Waals surface area (Å²) in [6.07, 6.45) is -1.27. The third-order valence-corrected chi connectivity index (χ3v) is 3.76. The first-order chi connectivity index (χ1) is 13.9. The molecular weight excluding hydrogens is 386 g/mol. The largest absolute Gasteiger partial charge is 0.444 e. The van der Waals surface area contributed by atoms with E-state index in [0.717, 1.165) is 0 Å². The molecule has 1 amide bonds. The van der Waals surface area contributed by atoms with Crippen LogP contribution in [0.2, 0.25) is 0 Å². The lowest BCUT2D eigenvalue weighted by atomic mass is 10.1. The van der Waals surface area contributed by atoms with Crippen LogP contribution in [0.4, 0.5) is 14.6 Å². The van der Waals surface area contributed by atoms with Crippen molar-refractivity contribution in [3.8, 4) is 5.75 Å². The summed E-state index contributed by atoms with van der Waals surface area (Å²) in [5.74, 6) is -0.864.